The van der Waals surface area contributed by atoms with Gasteiger partial charge in [-0.05, 0) is 18.5 Å². The molecule has 2 aromatic heterocycles. The number of carbonyl (C=O) groups excluding carboxylic acids is 1. The molecular weight excluding hydrogens is 202 g/mol. The second-order valence-corrected chi connectivity index (χ2v) is 3.28. The molecule has 0 atom stereocenters. The van der Waals surface area contributed by atoms with Crippen molar-refractivity contribution in [3.63, 3.8) is 0 Å². The fourth-order valence-corrected chi connectivity index (χ4v) is 1.35. The Hall–Kier alpha value is -1.76. The maximum absolute atomic E-state index is 11.5. The summed E-state index contributed by atoms with van der Waals surface area (Å²) in [4.78, 5) is 11.5. The Labute approximate surface area is 83.5 Å². The highest BCUT2D eigenvalue weighted by molar-refractivity contribution is 7.03. The summed E-state index contributed by atoms with van der Waals surface area (Å²) in [7, 11) is 0. The van der Waals surface area contributed by atoms with Gasteiger partial charge in [-0.2, -0.15) is 5.10 Å². The number of aryl methyl sites for hydroxylation is 1. The van der Waals surface area contributed by atoms with Crippen LogP contribution in [0.3, 0.4) is 0 Å². The van der Waals surface area contributed by atoms with E-state index in [9.17, 15) is 4.79 Å². The van der Waals surface area contributed by atoms with Crippen LogP contribution in [0.2, 0.25) is 0 Å². The van der Waals surface area contributed by atoms with Crippen molar-refractivity contribution < 1.29 is 4.79 Å². The third kappa shape index (κ3) is 1.62. The van der Waals surface area contributed by atoms with Gasteiger partial charge in [0, 0.05) is 10.9 Å². The highest BCUT2D eigenvalue weighted by Crippen LogP contribution is 2.09. The zero-order chi connectivity index (χ0) is 9.97. The first kappa shape index (κ1) is 8.82. The Balaban J connectivity index is 2.13. The summed E-state index contributed by atoms with van der Waals surface area (Å²) in [6, 6.07) is 0. The van der Waals surface area contributed by atoms with Gasteiger partial charge in [-0.25, -0.2) is 0 Å². The lowest BCUT2D eigenvalue weighted by molar-refractivity contribution is 0.102. The van der Waals surface area contributed by atoms with Crippen molar-refractivity contribution in [2.75, 3.05) is 5.32 Å². The quantitative estimate of drug-likeness (QED) is 0.767. The molecule has 0 aliphatic heterocycles. The summed E-state index contributed by atoms with van der Waals surface area (Å²) in [5, 5.41) is 14.3. The number of carbonyl (C=O) groups is 1. The maximum Gasteiger partial charge on any atom is 0.278 e. The number of hydrogen-bond donors (Lipinski definition) is 2. The summed E-state index contributed by atoms with van der Waals surface area (Å²) in [6.07, 6.45) is 1.63. The molecule has 0 unspecified atom stereocenters. The number of aromatic nitrogens is 4. The summed E-state index contributed by atoms with van der Waals surface area (Å²) in [5.74, 6) is 0.300. The lowest BCUT2D eigenvalue weighted by Crippen LogP contribution is -2.13. The summed E-state index contributed by atoms with van der Waals surface area (Å²) in [6.45, 7) is 1.85. The van der Waals surface area contributed by atoms with Crippen molar-refractivity contribution in [2.24, 2.45) is 0 Å². The molecule has 1 amide bonds. The predicted molar refractivity (Wildman–Crippen MR) is 51.2 cm³/mol. The number of nitrogens with zero attached hydrogens (tertiary/aromatic N) is 3. The smallest absolute Gasteiger partial charge is 0.278 e. The first-order chi connectivity index (χ1) is 6.77. The third-order valence-corrected chi connectivity index (χ3v) is 2.16. The van der Waals surface area contributed by atoms with Crippen molar-refractivity contribution in [3.05, 3.63) is 22.8 Å². The number of hydrogen-bond acceptors (Lipinski definition) is 5. The van der Waals surface area contributed by atoms with Crippen molar-refractivity contribution in [2.45, 2.75) is 6.92 Å². The highest BCUT2D eigenvalue weighted by Gasteiger charge is 2.10. The molecule has 2 N–H and O–H groups in total. The number of nitrogens with one attached hydrogen (secondary N) is 2. The molecule has 0 bridgehead atoms. The number of rotatable bonds is 2. The first-order valence-electron chi connectivity index (χ1n) is 3.86. The van der Waals surface area contributed by atoms with E-state index >= 15 is 0 Å². The third-order valence-electron chi connectivity index (χ3n) is 1.66. The SMILES string of the molecule is Cc1cn[nH]c1NC(=O)c1csnn1. The molecule has 0 fully saturated rings. The van der Waals surface area contributed by atoms with Crippen molar-refractivity contribution >= 4 is 23.3 Å². The summed E-state index contributed by atoms with van der Waals surface area (Å²) < 4.78 is 3.60. The number of anilines is 1. The minimum absolute atomic E-state index is 0.286. The molecule has 0 aliphatic rings. The number of H-pyrrole nitrogens is 1. The average molecular weight is 209 g/mol. The Morgan fingerprint density at radius 2 is 2.50 bits per heavy atom. The zero-order valence-corrected chi connectivity index (χ0v) is 8.13. The molecule has 0 spiro atoms. The van der Waals surface area contributed by atoms with Gasteiger partial charge in [0.25, 0.3) is 5.91 Å². The highest BCUT2D eigenvalue weighted by atomic mass is 32.1. The van der Waals surface area contributed by atoms with Gasteiger partial charge in [-0.1, -0.05) is 4.49 Å². The average Bonchev–Trinajstić information content (AvgIpc) is 2.77. The van der Waals surface area contributed by atoms with E-state index in [0.29, 0.717) is 11.5 Å². The van der Waals surface area contributed by atoms with Crippen LogP contribution in [0.5, 0.6) is 0 Å². The molecule has 2 rings (SSSR count). The molecule has 2 heterocycles. The molecule has 6 nitrogen and oxygen atoms in total. The van der Waals surface area contributed by atoms with Crippen LogP contribution < -0.4 is 5.32 Å². The first-order valence-corrected chi connectivity index (χ1v) is 4.69. The van der Waals surface area contributed by atoms with E-state index < -0.39 is 0 Å². The molecule has 7 heteroatoms. The van der Waals surface area contributed by atoms with Crippen LogP contribution >= 0.6 is 11.5 Å². The van der Waals surface area contributed by atoms with Gasteiger partial charge in [-0.3, -0.25) is 9.89 Å². The molecular formula is C7H7N5OS. The van der Waals surface area contributed by atoms with Crippen molar-refractivity contribution in [3.8, 4) is 0 Å². The Bertz CT molecular complexity index is 435. The largest absolute Gasteiger partial charge is 0.305 e. The molecule has 0 saturated heterocycles. The van der Waals surface area contributed by atoms with Crippen LogP contribution in [0.25, 0.3) is 0 Å². The van der Waals surface area contributed by atoms with Crippen LogP contribution in [-0.4, -0.2) is 25.7 Å². The van der Waals surface area contributed by atoms with E-state index in [2.05, 4.69) is 25.1 Å². The van der Waals surface area contributed by atoms with Crippen LogP contribution in [0.4, 0.5) is 5.82 Å². The number of aromatic amines is 1. The predicted octanol–water partition coefficient (Wildman–Crippen LogP) is 0.822. The lowest BCUT2D eigenvalue weighted by atomic mass is 10.3. The monoisotopic (exact) mass is 209 g/mol. The zero-order valence-electron chi connectivity index (χ0n) is 7.31. The molecule has 0 radical (unpaired) electrons. The minimum Gasteiger partial charge on any atom is -0.305 e. The standard InChI is InChI=1S/C7H7N5OS/c1-4-2-8-11-6(4)9-7(13)5-3-14-12-10-5/h2-3H,1H3,(H2,8,9,11,13). The molecule has 2 aromatic rings. The van der Waals surface area contributed by atoms with Gasteiger partial charge in [-0.15, -0.1) is 5.10 Å². The van der Waals surface area contributed by atoms with Crippen LogP contribution in [0, 0.1) is 6.92 Å². The van der Waals surface area contributed by atoms with Crippen LogP contribution in [-0.2, 0) is 0 Å². The summed E-state index contributed by atoms with van der Waals surface area (Å²) >= 11 is 1.14. The molecule has 0 aliphatic carbocycles. The maximum atomic E-state index is 11.5. The Morgan fingerprint density at radius 1 is 1.64 bits per heavy atom. The van der Waals surface area contributed by atoms with E-state index in [4.69, 9.17) is 0 Å². The normalized spacial score (nSPS) is 10.1. The molecule has 0 saturated carbocycles. The van der Waals surface area contributed by atoms with Crippen molar-refractivity contribution in [1.82, 2.24) is 19.8 Å². The van der Waals surface area contributed by atoms with Crippen LogP contribution in [0.1, 0.15) is 16.1 Å². The van der Waals surface area contributed by atoms with E-state index in [1.54, 1.807) is 11.6 Å². The second kappa shape index (κ2) is 3.54. The van der Waals surface area contributed by atoms with E-state index in [1.807, 2.05) is 6.92 Å². The van der Waals surface area contributed by atoms with Gasteiger partial charge in [0.2, 0.25) is 0 Å². The molecule has 72 valence electrons. The topological polar surface area (TPSA) is 83.6 Å². The summed E-state index contributed by atoms with van der Waals surface area (Å²) in [5.41, 5.74) is 1.19. The van der Waals surface area contributed by atoms with Gasteiger partial charge < -0.3 is 5.32 Å². The molecule has 14 heavy (non-hydrogen) atoms. The second-order valence-electron chi connectivity index (χ2n) is 2.67. The van der Waals surface area contributed by atoms with Gasteiger partial charge in [0.15, 0.2) is 5.69 Å². The van der Waals surface area contributed by atoms with Crippen LogP contribution in [0.15, 0.2) is 11.6 Å². The number of amides is 1. The molecule has 0 aromatic carbocycles. The van der Waals surface area contributed by atoms with Crippen molar-refractivity contribution in [1.29, 1.82) is 0 Å². The fourth-order valence-electron chi connectivity index (χ4n) is 0.914. The van der Waals surface area contributed by atoms with E-state index in [1.165, 1.54) is 0 Å². The van der Waals surface area contributed by atoms with Gasteiger partial charge in [0.1, 0.15) is 5.82 Å². The van der Waals surface area contributed by atoms with E-state index in [-0.39, 0.29) is 5.91 Å². The Morgan fingerprint density at radius 3 is 3.07 bits per heavy atom. The van der Waals surface area contributed by atoms with Gasteiger partial charge >= 0.3 is 0 Å². The van der Waals surface area contributed by atoms with Gasteiger partial charge in [0.05, 0.1) is 6.20 Å². The minimum atomic E-state index is -0.286. The fraction of sp³-hybridized carbons (Fsp3) is 0.143. The van der Waals surface area contributed by atoms with E-state index in [0.717, 1.165) is 17.1 Å². The Kier molecular flexibility index (Phi) is 2.23. The lowest BCUT2D eigenvalue weighted by Gasteiger charge is -1.99.